The first-order valence-electron chi connectivity index (χ1n) is 12.5. The van der Waals surface area contributed by atoms with Crippen LogP contribution in [-0.4, -0.2) is 55.5 Å². The third kappa shape index (κ3) is 5.82. The molecular formula is C30H31ClN2O4. The number of benzene rings is 3. The van der Waals surface area contributed by atoms with Crippen molar-refractivity contribution in [2.24, 2.45) is 0 Å². The number of methoxy groups -OCH3 is 1. The molecule has 5 rings (SSSR count). The van der Waals surface area contributed by atoms with Crippen LogP contribution in [0.2, 0.25) is 5.02 Å². The second-order valence-corrected chi connectivity index (χ2v) is 9.78. The minimum Gasteiger partial charge on any atom is -0.497 e. The van der Waals surface area contributed by atoms with Crippen LogP contribution in [0.3, 0.4) is 0 Å². The highest BCUT2D eigenvalue weighted by Crippen LogP contribution is 2.27. The molecule has 1 unspecified atom stereocenters. The predicted molar refractivity (Wildman–Crippen MR) is 145 cm³/mol. The van der Waals surface area contributed by atoms with E-state index in [1.807, 2.05) is 84.6 Å². The lowest BCUT2D eigenvalue weighted by molar-refractivity contribution is 0.00307. The molecule has 0 bridgehead atoms. The molecule has 1 amide bonds. The molecule has 1 saturated heterocycles. The molecule has 0 spiro atoms. The number of ether oxygens (including phenoxy) is 2. The Morgan fingerprint density at radius 1 is 1.00 bits per heavy atom. The lowest BCUT2D eigenvalue weighted by atomic mass is 10.1. The number of carbonyl (C=O) groups excluding carboxylic acids is 1. The monoisotopic (exact) mass is 518 g/mol. The number of hydrogen-bond acceptors (Lipinski definition) is 5. The SMILES string of the molecule is COc1cccc(COC(CN2CCN(C(=O)c3oc4ccccc4c3C)CC2)c2ccc(Cl)cc2)c1. The van der Waals surface area contributed by atoms with Gasteiger partial charge in [-0.05, 0) is 48.4 Å². The number of nitrogens with zero attached hydrogens (tertiary/aromatic N) is 2. The molecule has 0 aliphatic carbocycles. The van der Waals surface area contributed by atoms with Crippen molar-refractivity contribution in [3.8, 4) is 5.75 Å². The summed E-state index contributed by atoms with van der Waals surface area (Å²) in [5, 5.41) is 1.69. The van der Waals surface area contributed by atoms with Gasteiger partial charge in [-0.15, -0.1) is 0 Å². The topological polar surface area (TPSA) is 55.2 Å². The fourth-order valence-corrected chi connectivity index (χ4v) is 4.91. The largest absolute Gasteiger partial charge is 0.497 e. The molecule has 1 atom stereocenters. The fourth-order valence-electron chi connectivity index (χ4n) is 4.78. The van der Waals surface area contributed by atoms with Gasteiger partial charge >= 0.3 is 0 Å². The number of rotatable bonds is 8. The zero-order chi connectivity index (χ0) is 25.8. The fraction of sp³-hybridized carbons (Fsp3) is 0.300. The Morgan fingerprint density at radius 2 is 1.76 bits per heavy atom. The molecule has 192 valence electrons. The average molecular weight is 519 g/mol. The number of halogens is 1. The molecular weight excluding hydrogens is 488 g/mol. The van der Waals surface area contributed by atoms with E-state index in [-0.39, 0.29) is 12.0 Å². The summed E-state index contributed by atoms with van der Waals surface area (Å²) in [5.74, 6) is 1.21. The number of amides is 1. The van der Waals surface area contributed by atoms with E-state index in [0.717, 1.165) is 53.0 Å². The van der Waals surface area contributed by atoms with Crippen LogP contribution in [0.1, 0.15) is 33.3 Å². The van der Waals surface area contributed by atoms with E-state index >= 15 is 0 Å². The summed E-state index contributed by atoms with van der Waals surface area (Å²) in [7, 11) is 1.66. The maximum Gasteiger partial charge on any atom is 0.289 e. The van der Waals surface area contributed by atoms with Crippen LogP contribution in [0.15, 0.2) is 77.2 Å². The van der Waals surface area contributed by atoms with Crippen molar-refractivity contribution in [1.29, 1.82) is 0 Å². The van der Waals surface area contributed by atoms with Gasteiger partial charge in [0.15, 0.2) is 5.76 Å². The summed E-state index contributed by atoms with van der Waals surface area (Å²) in [6.45, 7) is 5.93. The number of hydrogen-bond donors (Lipinski definition) is 0. The predicted octanol–water partition coefficient (Wildman–Crippen LogP) is 6.12. The number of fused-ring (bicyclic) bond motifs is 1. The van der Waals surface area contributed by atoms with E-state index in [4.69, 9.17) is 25.5 Å². The van der Waals surface area contributed by atoms with Crippen LogP contribution in [-0.2, 0) is 11.3 Å². The highest BCUT2D eigenvalue weighted by molar-refractivity contribution is 6.30. The highest BCUT2D eigenvalue weighted by atomic mass is 35.5. The number of piperazine rings is 1. The normalized spacial score (nSPS) is 15.2. The van der Waals surface area contributed by atoms with E-state index in [2.05, 4.69) is 4.90 Å². The lowest BCUT2D eigenvalue weighted by Gasteiger charge is -2.36. The zero-order valence-electron chi connectivity index (χ0n) is 21.2. The Bertz CT molecular complexity index is 1360. The first-order valence-corrected chi connectivity index (χ1v) is 12.9. The summed E-state index contributed by atoms with van der Waals surface area (Å²) in [6, 6.07) is 23.5. The van der Waals surface area contributed by atoms with Crippen LogP contribution >= 0.6 is 11.6 Å². The van der Waals surface area contributed by atoms with Crippen molar-refractivity contribution in [2.45, 2.75) is 19.6 Å². The second kappa shape index (κ2) is 11.4. The molecule has 4 aromatic rings. The van der Waals surface area contributed by atoms with Gasteiger partial charge in [0.2, 0.25) is 0 Å². The summed E-state index contributed by atoms with van der Waals surface area (Å²) >= 11 is 6.14. The number of para-hydroxylation sites is 1. The first kappa shape index (κ1) is 25.3. The van der Waals surface area contributed by atoms with Gasteiger partial charge in [-0.3, -0.25) is 9.69 Å². The summed E-state index contributed by atoms with van der Waals surface area (Å²) in [5.41, 5.74) is 3.77. The molecule has 1 aliphatic rings. The van der Waals surface area contributed by atoms with E-state index < -0.39 is 0 Å². The molecule has 6 nitrogen and oxygen atoms in total. The van der Waals surface area contributed by atoms with Gasteiger partial charge in [0.1, 0.15) is 11.3 Å². The Hall–Kier alpha value is -3.32. The number of aryl methyl sites for hydroxylation is 1. The van der Waals surface area contributed by atoms with E-state index in [1.165, 1.54) is 0 Å². The van der Waals surface area contributed by atoms with Crippen LogP contribution in [0, 0.1) is 6.92 Å². The smallest absolute Gasteiger partial charge is 0.289 e. The molecule has 0 radical (unpaired) electrons. The maximum absolute atomic E-state index is 13.3. The van der Waals surface area contributed by atoms with Crippen molar-refractivity contribution < 1.29 is 18.7 Å². The standard InChI is InChI=1S/C30H31ClN2O4/c1-21-26-8-3-4-9-27(26)37-29(21)30(34)33-16-14-32(15-17-33)19-28(23-10-12-24(31)13-11-23)36-20-22-6-5-7-25(18-22)35-2/h3-13,18,28H,14-17,19-20H2,1-2H3. The van der Waals surface area contributed by atoms with Crippen molar-refractivity contribution in [2.75, 3.05) is 39.8 Å². The minimum atomic E-state index is -0.136. The van der Waals surface area contributed by atoms with Crippen molar-refractivity contribution >= 4 is 28.5 Å². The van der Waals surface area contributed by atoms with Crippen LogP contribution in [0.25, 0.3) is 11.0 Å². The first-order chi connectivity index (χ1) is 18.0. The van der Waals surface area contributed by atoms with Crippen LogP contribution in [0.5, 0.6) is 5.75 Å². The molecule has 1 aromatic heterocycles. The van der Waals surface area contributed by atoms with Gasteiger partial charge in [-0.25, -0.2) is 0 Å². The van der Waals surface area contributed by atoms with E-state index in [0.29, 0.717) is 30.5 Å². The van der Waals surface area contributed by atoms with Gasteiger partial charge in [0.05, 0.1) is 19.8 Å². The Kier molecular flexibility index (Phi) is 7.79. The highest BCUT2D eigenvalue weighted by Gasteiger charge is 2.28. The third-order valence-corrected chi connectivity index (χ3v) is 7.20. The van der Waals surface area contributed by atoms with Crippen molar-refractivity contribution in [3.63, 3.8) is 0 Å². The van der Waals surface area contributed by atoms with Crippen LogP contribution < -0.4 is 4.74 Å². The molecule has 3 aromatic carbocycles. The van der Waals surface area contributed by atoms with Crippen molar-refractivity contribution in [1.82, 2.24) is 9.80 Å². The van der Waals surface area contributed by atoms with E-state index in [9.17, 15) is 4.79 Å². The number of furan rings is 1. The summed E-state index contributed by atoms with van der Waals surface area (Å²) in [6.07, 6.45) is -0.136. The Morgan fingerprint density at radius 3 is 2.49 bits per heavy atom. The molecule has 37 heavy (non-hydrogen) atoms. The average Bonchev–Trinajstić information content (AvgIpc) is 3.28. The Balaban J connectivity index is 1.24. The quantitative estimate of drug-likeness (QED) is 0.281. The van der Waals surface area contributed by atoms with Gasteiger partial charge < -0.3 is 18.8 Å². The lowest BCUT2D eigenvalue weighted by Crippen LogP contribution is -2.49. The maximum atomic E-state index is 13.3. The molecule has 1 aliphatic heterocycles. The zero-order valence-corrected chi connectivity index (χ0v) is 21.9. The summed E-state index contributed by atoms with van der Waals surface area (Å²) in [4.78, 5) is 17.5. The Labute approximate surface area is 222 Å². The van der Waals surface area contributed by atoms with Gasteiger partial charge in [0, 0.05) is 48.7 Å². The van der Waals surface area contributed by atoms with E-state index in [1.54, 1.807) is 7.11 Å². The number of carbonyl (C=O) groups is 1. The molecule has 1 fully saturated rings. The molecule has 0 N–H and O–H groups in total. The molecule has 2 heterocycles. The van der Waals surface area contributed by atoms with Crippen molar-refractivity contribution in [3.05, 3.63) is 100 Å². The summed E-state index contributed by atoms with van der Waals surface area (Å²) < 4.78 is 17.7. The van der Waals surface area contributed by atoms with Gasteiger partial charge in [-0.1, -0.05) is 54.1 Å². The molecule has 0 saturated carbocycles. The third-order valence-electron chi connectivity index (χ3n) is 6.95. The van der Waals surface area contributed by atoms with Crippen LogP contribution in [0.4, 0.5) is 0 Å². The van der Waals surface area contributed by atoms with Gasteiger partial charge in [0.25, 0.3) is 5.91 Å². The van der Waals surface area contributed by atoms with Gasteiger partial charge in [-0.2, -0.15) is 0 Å². The minimum absolute atomic E-state index is 0.0446. The second-order valence-electron chi connectivity index (χ2n) is 9.35. The molecule has 7 heteroatoms.